The lowest BCUT2D eigenvalue weighted by Gasteiger charge is -2.04. The number of amides is 1. The molecule has 0 saturated carbocycles. The Balaban J connectivity index is 1.68. The molecular weight excluding hydrogens is 276 g/mol. The van der Waals surface area contributed by atoms with Crippen molar-refractivity contribution in [3.8, 4) is 0 Å². The Morgan fingerprint density at radius 2 is 2.00 bits per heavy atom. The summed E-state index contributed by atoms with van der Waals surface area (Å²) in [5, 5.41) is 3.95. The predicted octanol–water partition coefficient (Wildman–Crippen LogP) is 3.25. The molecule has 22 heavy (non-hydrogen) atoms. The first-order chi connectivity index (χ1) is 10.8. The summed E-state index contributed by atoms with van der Waals surface area (Å²) in [6.07, 6.45) is 6.41. The largest absolute Gasteiger partial charge is 0.464 e. The standard InChI is InChI=1S/C18H18N2O2/c1-2-13-3-4-17-16(9-13)15(12-22-17)10-18(21)20-11-14-5-7-19-8-6-14/h3-9,12H,2,10-11H2,1H3,(H,20,21). The maximum absolute atomic E-state index is 12.1. The number of nitrogens with one attached hydrogen (secondary N) is 1. The highest BCUT2D eigenvalue weighted by Gasteiger charge is 2.10. The molecule has 0 radical (unpaired) electrons. The van der Waals surface area contributed by atoms with Gasteiger partial charge in [-0.25, -0.2) is 0 Å². The number of hydrogen-bond donors (Lipinski definition) is 1. The Morgan fingerprint density at radius 1 is 1.18 bits per heavy atom. The SMILES string of the molecule is CCc1ccc2occ(CC(=O)NCc3ccncc3)c2c1. The number of aryl methyl sites for hydroxylation is 1. The summed E-state index contributed by atoms with van der Waals surface area (Å²) in [7, 11) is 0. The molecule has 0 spiro atoms. The number of hydrogen-bond acceptors (Lipinski definition) is 3. The van der Waals surface area contributed by atoms with Gasteiger partial charge in [-0.15, -0.1) is 0 Å². The quantitative estimate of drug-likeness (QED) is 0.786. The number of benzene rings is 1. The van der Waals surface area contributed by atoms with Crippen LogP contribution in [-0.2, 0) is 24.2 Å². The fraction of sp³-hybridized carbons (Fsp3) is 0.222. The van der Waals surface area contributed by atoms with E-state index in [0.717, 1.165) is 28.5 Å². The van der Waals surface area contributed by atoms with Gasteiger partial charge in [0, 0.05) is 29.9 Å². The number of rotatable bonds is 5. The van der Waals surface area contributed by atoms with E-state index in [1.807, 2.05) is 18.2 Å². The van der Waals surface area contributed by atoms with E-state index >= 15 is 0 Å². The average molecular weight is 294 g/mol. The lowest BCUT2D eigenvalue weighted by molar-refractivity contribution is -0.120. The van der Waals surface area contributed by atoms with E-state index in [1.165, 1.54) is 5.56 Å². The molecule has 0 aliphatic carbocycles. The van der Waals surface area contributed by atoms with Crippen LogP contribution < -0.4 is 5.32 Å². The molecule has 0 aliphatic rings. The summed E-state index contributed by atoms with van der Waals surface area (Å²) in [5.74, 6) is -0.0126. The zero-order chi connectivity index (χ0) is 15.4. The highest BCUT2D eigenvalue weighted by atomic mass is 16.3. The van der Waals surface area contributed by atoms with E-state index in [4.69, 9.17) is 4.42 Å². The van der Waals surface area contributed by atoms with Gasteiger partial charge >= 0.3 is 0 Å². The molecular formula is C18H18N2O2. The molecule has 3 rings (SSSR count). The summed E-state index contributed by atoms with van der Waals surface area (Å²) < 4.78 is 5.52. The van der Waals surface area contributed by atoms with Gasteiger partial charge in [0.05, 0.1) is 12.7 Å². The highest BCUT2D eigenvalue weighted by Crippen LogP contribution is 2.23. The number of furan rings is 1. The Hall–Kier alpha value is -2.62. The van der Waals surface area contributed by atoms with Gasteiger partial charge in [0.1, 0.15) is 5.58 Å². The van der Waals surface area contributed by atoms with Crippen LogP contribution in [0.1, 0.15) is 23.6 Å². The third kappa shape index (κ3) is 3.17. The van der Waals surface area contributed by atoms with Gasteiger partial charge in [0.15, 0.2) is 0 Å². The first-order valence-corrected chi connectivity index (χ1v) is 7.41. The normalized spacial score (nSPS) is 10.8. The van der Waals surface area contributed by atoms with E-state index in [2.05, 4.69) is 29.4 Å². The second-order valence-corrected chi connectivity index (χ2v) is 5.25. The summed E-state index contributed by atoms with van der Waals surface area (Å²) in [5.41, 5.74) is 4.03. The molecule has 112 valence electrons. The smallest absolute Gasteiger partial charge is 0.224 e. The minimum absolute atomic E-state index is 0.0126. The fourth-order valence-corrected chi connectivity index (χ4v) is 2.42. The maximum Gasteiger partial charge on any atom is 0.224 e. The monoisotopic (exact) mass is 294 g/mol. The molecule has 0 fully saturated rings. The minimum atomic E-state index is -0.0126. The Labute approximate surface area is 129 Å². The van der Waals surface area contributed by atoms with E-state index in [-0.39, 0.29) is 5.91 Å². The lowest BCUT2D eigenvalue weighted by atomic mass is 10.1. The summed E-state index contributed by atoms with van der Waals surface area (Å²) >= 11 is 0. The lowest BCUT2D eigenvalue weighted by Crippen LogP contribution is -2.24. The molecule has 1 aromatic carbocycles. The molecule has 0 unspecified atom stereocenters. The molecule has 3 aromatic rings. The van der Waals surface area contributed by atoms with Crippen molar-refractivity contribution in [1.29, 1.82) is 0 Å². The van der Waals surface area contributed by atoms with Gasteiger partial charge < -0.3 is 9.73 Å². The van der Waals surface area contributed by atoms with Gasteiger partial charge in [-0.1, -0.05) is 13.0 Å². The third-order valence-electron chi connectivity index (χ3n) is 3.72. The number of carbonyl (C=O) groups is 1. The Bertz CT molecular complexity index is 778. The summed E-state index contributed by atoms with van der Waals surface area (Å²) in [6.45, 7) is 2.62. The van der Waals surface area contributed by atoms with Crippen LogP contribution >= 0.6 is 0 Å². The van der Waals surface area contributed by atoms with Gasteiger partial charge in [0.2, 0.25) is 5.91 Å². The molecule has 0 atom stereocenters. The van der Waals surface area contributed by atoms with Crippen molar-refractivity contribution in [3.63, 3.8) is 0 Å². The zero-order valence-corrected chi connectivity index (χ0v) is 12.5. The predicted molar refractivity (Wildman–Crippen MR) is 85.4 cm³/mol. The van der Waals surface area contributed by atoms with Crippen LogP contribution in [-0.4, -0.2) is 10.9 Å². The molecule has 0 aliphatic heterocycles. The molecule has 2 aromatic heterocycles. The maximum atomic E-state index is 12.1. The van der Waals surface area contributed by atoms with Crippen LogP contribution in [0.15, 0.2) is 53.4 Å². The highest BCUT2D eigenvalue weighted by molar-refractivity contribution is 5.88. The first kappa shape index (κ1) is 14.3. The first-order valence-electron chi connectivity index (χ1n) is 7.41. The van der Waals surface area contributed by atoms with Crippen LogP contribution in [0.5, 0.6) is 0 Å². The van der Waals surface area contributed by atoms with E-state index < -0.39 is 0 Å². The van der Waals surface area contributed by atoms with Gasteiger partial charge in [0.25, 0.3) is 0 Å². The van der Waals surface area contributed by atoms with Crippen molar-refractivity contribution in [3.05, 3.63) is 65.7 Å². The second kappa shape index (κ2) is 6.43. The van der Waals surface area contributed by atoms with Crippen LogP contribution in [0.3, 0.4) is 0 Å². The molecule has 4 nitrogen and oxygen atoms in total. The Morgan fingerprint density at radius 3 is 2.77 bits per heavy atom. The number of carbonyl (C=O) groups excluding carboxylic acids is 1. The Kier molecular flexibility index (Phi) is 4.19. The molecule has 0 saturated heterocycles. The van der Waals surface area contributed by atoms with E-state index in [1.54, 1.807) is 18.7 Å². The van der Waals surface area contributed by atoms with Crippen molar-refractivity contribution in [2.75, 3.05) is 0 Å². The minimum Gasteiger partial charge on any atom is -0.464 e. The number of pyridine rings is 1. The van der Waals surface area contributed by atoms with Crippen LogP contribution in [0, 0.1) is 0 Å². The number of nitrogens with zero attached hydrogens (tertiary/aromatic N) is 1. The van der Waals surface area contributed by atoms with Crippen molar-refractivity contribution in [2.45, 2.75) is 26.3 Å². The molecule has 2 heterocycles. The number of fused-ring (bicyclic) bond motifs is 1. The van der Waals surface area contributed by atoms with Gasteiger partial charge in [-0.2, -0.15) is 0 Å². The van der Waals surface area contributed by atoms with Crippen molar-refractivity contribution in [2.24, 2.45) is 0 Å². The number of aromatic nitrogens is 1. The van der Waals surface area contributed by atoms with Gasteiger partial charge in [-0.3, -0.25) is 9.78 Å². The van der Waals surface area contributed by atoms with Crippen LogP contribution in [0.25, 0.3) is 11.0 Å². The molecule has 1 N–H and O–H groups in total. The topological polar surface area (TPSA) is 55.1 Å². The van der Waals surface area contributed by atoms with Gasteiger partial charge in [-0.05, 0) is 41.8 Å². The molecule has 1 amide bonds. The summed E-state index contributed by atoms with van der Waals surface area (Å²) in [6, 6.07) is 9.90. The summed E-state index contributed by atoms with van der Waals surface area (Å²) in [4.78, 5) is 16.1. The van der Waals surface area contributed by atoms with E-state index in [9.17, 15) is 4.79 Å². The fourth-order valence-electron chi connectivity index (χ4n) is 2.42. The zero-order valence-electron chi connectivity index (χ0n) is 12.5. The molecule has 0 bridgehead atoms. The van der Waals surface area contributed by atoms with Crippen molar-refractivity contribution >= 4 is 16.9 Å². The third-order valence-corrected chi connectivity index (χ3v) is 3.72. The van der Waals surface area contributed by atoms with Crippen molar-refractivity contribution < 1.29 is 9.21 Å². The van der Waals surface area contributed by atoms with Crippen molar-refractivity contribution in [1.82, 2.24) is 10.3 Å². The van der Waals surface area contributed by atoms with E-state index in [0.29, 0.717) is 13.0 Å². The average Bonchev–Trinajstić information content (AvgIpc) is 2.96. The second-order valence-electron chi connectivity index (χ2n) is 5.25. The van der Waals surface area contributed by atoms with Crippen LogP contribution in [0.2, 0.25) is 0 Å². The van der Waals surface area contributed by atoms with Crippen LogP contribution in [0.4, 0.5) is 0 Å². The molecule has 4 heteroatoms.